The highest BCUT2D eigenvalue weighted by molar-refractivity contribution is 7.12. The molecule has 2 aromatic rings. The molecule has 0 bridgehead atoms. The van der Waals surface area contributed by atoms with Gasteiger partial charge in [-0.15, -0.1) is 11.3 Å². The summed E-state index contributed by atoms with van der Waals surface area (Å²) in [5.41, 5.74) is 8.09. The number of benzene rings is 1. The molecule has 1 saturated carbocycles. The van der Waals surface area contributed by atoms with Gasteiger partial charge in [-0.25, -0.2) is 4.98 Å². The van der Waals surface area contributed by atoms with Crippen LogP contribution in [0.2, 0.25) is 0 Å². The number of nitrogens with zero attached hydrogens (tertiary/aromatic N) is 1. The van der Waals surface area contributed by atoms with Crippen molar-refractivity contribution in [3.63, 3.8) is 0 Å². The van der Waals surface area contributed by atoms with E-state index in [1.165, 1.54) is 28.3 Å². The predicted octanol–water partition coefficient (Wildman–Crippen LogP) is 3.26. The van der Waals surface area contributed by atoms with Crippen molar-refractivity contribution in [2.75, 3.05) is 6.54 Å². The summed E-state index contributed by atoms with van der Waals surface area (Å²) < 4.78 is 0. The average Bonchev–Trinajstić information content (AvgIpc) is 3.11. The van der Waals surface area contributed by atoms with Crippen molar-refractivity contribution in [1.82, 2.24) is 4.98 Å². The zero-order chi connectivity index (χ0) is 12.4. The zero-order valence-corrected chi connectivity index (χ0v) is 11.2. The molecular weight excluding hydrogens is 240 g/mol. The normalized spacial score (nSPS) is 14.9. The monoisotopic (exact) mass is 258 g/mol. The molecular formula is C15H18N2S. The third-order valence-corrected chi connectivity index (χ3v) is 4.46. The third kappa shape index (κ3) is 2.62. The molecule has 0 unspecified atom stereocenters. The molecule has 3 heteroatoms. The Morgan fingerprint density at radius 1 is 1.22 bits per heavy atom. The van der Waals surface area contributed by atoms with Gasteiger partial charge in [0.05, 0.1) is 10.7 Å². The first kappa shape index (κ1) is 11.9. The number of thiazole rings is 1. The van der Waals surface area contributed by atoms with Crippen LogP contribution < -0.4 is 5.73 Å². The molecule has 0 atom stereocenters. The first-order chi connectivity index (χ1) is 8.86. The Hall–Kier alpha value is -1.19. The van der Waals surface area contributed by atoms with Crippen LogP contribution >= 0.6 is 11.3 Å². The first-order valence-corrected chi connectivity index (χ1v) is 7.42. The minimum Gasteiger partial charge on any atom is -0.330 e. The second-order valence-corrected chi connectivity index (χ2v) is 6.10. The third-order valence-electron chi connectivity index (χ3n) is 3.32. The summed E-state index contributed by atoms with van der Waals surface area (Å²) in [5, 5.41) is 1.29. The largest absolute Gasteiger partial charge is 0.330 e. The van der Waals surface area contributed by atoms with Crippen molar-refractivity contribution in [1.29, 1.82) is 0 Å². The summed E-state index contributed by atoms with van der Waals surface area (Å²) in [4.78, 5) is 6.19. The zero-order valence-electron chi connectivity index (χ0n) is 10.4. The van der Waals surface area contributed by atoms with Crippen molar-refractivity contribution in [2.24, 2.45) is 11.7 Å². The maximum atomic E-state index is 5.71. The van der Waals surface area contributed by atoms with Gasteiger partial charge in [0.2, 0.25) is 0 Å². The molecule has 1 aromatic heterocycles. The molecule has 0 amide bonds. The number of aromatic nitrogens is 1. The molecule has 0 aliphatic heterocycles. The Balaban J connectivity index is 1.92. The Labute approximate surface area is 112 Å². The highest BCUT2D eigenvalue weighted by Gasteiger charge is 2.24. The topological polar surface area (TPSA) is 38.9 Å². The maximum absolute atomic E-state index is 5.71. The highest BCUT2D eigenvalue weighted by Crippen LogP contribution is 2.36. The predicted molar refractivity (Wildman–Crippen MR) is 76.7 cm³/mol. The molecule has 1 aliphatic carbocycles. The lowest BCUT2D eigenvalue weighted by Crippen LogP contribution is -2.02. The fourth-order valence-corrected chi connectivity index (χ4v) is 3.40. The van der Waals surface area contributed by atoms with Crippen LogP contribution in [0.3, 0.4) is 0 Å². The van der Waals surface area contributed by atoms with E-state index < -0.39 is 0 Å². The molecule has 0 radical (unpaired) electrons. The Kier molecular flexibility index (Phi) is 3.43. The lowest BCUT2D eigenvalue weighted by atomic mass is 10.1. The van der Waals surface area contributed by atoms with E-state index in [-0.39, 0.29) is 0 Å². The fourth-order valence-electron chi connectivity index (χ4n) is 2.18. The number of hydrogen-bond acceptors (Lipinski definition) is 3. The van der Waals surface area contributed by atoms with Gasteiger partial charge in [0.25, 0.3) is 0 Å². The maximum Gasteiger partial charge on any atom is 0.0938 e. The number of rotatable bonds is 5. The van der Waals surface area contributed by atoms with E-state index in [1.807, 2.05) is 17.4 Å². The smallest absolute Gasteiger partial charge is 0.0938 e. The van der Waals surface area contributed by atoms with Crippen LogP contribution in [-0.2, 0) is 12.8 Å². The van der Waals surface area contributed by atoms with Gasteiger partial charge in [0.15, 0.2) is 0 Å². The summed E-state index contributed by atoms with van der Waals surface area (Å²) in [6.45, 7) is 0.699. The summed E-state index contributed by atoms with van der Waals surface area (Å²) in [5.74, 6) is 0.894. The van der Waals surface area contributed by atoms with Gasteiger partial charge in [-0.2, -0.15) is 0 Å². The second kappa shape index (κ2) is 5.21. The minimum atomic E-state index is 0.699. The highest BCUT2D eigenvalue weighted by atomic mass is 32.1. The Bertz CT molecular complexity index is 515. The van der Waals surface area contributed by atoms with Gasteiger partial charge in [-0.1, -0.05) is 30.3 Å². The quantitative estimate of drug-likeness (QED) is 0.894. The van der Waals surface area contributed by atoms with Crippen LogP contribution in [0.1, 0.15) is 22.7 Å². The van der Waals surface area contributed by atoms with Crippen LogP contribution in [0.15, 0.2) is 30.3 Å². The molecule has 2 nitrogen and oxygen atoms in total. The van der Waals surface area contributed by atoms with Gasteiger partial charge in [0, 0.05) is 16.9 Å². The van der Waals surface area contributed by atoms with Crippen LogP contribution in [0.25, 0.3) is 11.3 Å². The van der Waals surface area contributed by atoms with Crippen molar-refractivity contribution in [3.8, 4) is 11.3 Å². The van der Waals surface area contributed by atoms with Crippen molar-refractivity contribution in [2.45, 2.75) is 25.7 Å². The van der Waals surface area contributed by atoms with E-state index in [0.29, 0.717) is 6.54 Å². The molecule has 0 saturated heterocycles. The SMILES string of the molecule is NCCc1sc(CC2CC2)nc1-c1ccccc1. The summed E-state index contributed by atoms with van der Waals surface area (Å²) >= 11 is 1.86. The van der Waals surface area contributed by atoms with E-state index in [0.717, 1.165) is 24.5 Å². The molecule has 18 heavy (non-hydrogen) atoms. The number of nitrogens with two attached hydrogens (primary N) is 1. The first-order valence-electron chi connectivity index (χ1n) is 6.61. The van der Waals surface area contributed by atoms with Gasteiger partial charge in [0.1, 0.15) is 0 Å². The van der Waals surface area contributed by atoms with Gasteiger partial charge < -0.3 is 5.73 Å². The van der Waals surface area contributed by atoms with Gasteiger partial charge >= 0.3 is 0 Å². The molecule has 1 heterocycles. The van der Waals surface area contributed by atoms with E-state index in [1.54, 1.807) is 0 Å². The van der Waals surface area contributed by atoms with Gasteiger partial charge in [-0.3, -0.25) is 0 Å². The lowest BCUT2D eigenvalue weighted by molar-refractivity contribution is 0.824. The van der Waals surface area contributed by atoms with Crippen molar-refractivity contribution < 1.29 is 0 Å². The van der Waals surface area contributed by atoms with E-state index >= 15 is 0 Å². The standard InChI is InChI=1S/C15H18N2S/c16-9-8-13-15(12-4-2-1-3-5-12)17-14(18-13)10-11-6-7-11/h1-5,11H,6-10,16H2. The van der Waals surface area contributed by atoms with E-state index in [9.17, 15) is 0 Å². The summed E-state index contributed by atoms with van der Waals surface area (Å²) in [7, 11) is 0. The molecule has 3 rings (SSSR count). The van der Waals surface area contributed by atoms with Crippen LogP contribution in [0.4, 0.5) is 0 Å². The van der Waals surface area contributed by atoms with Crippen molar-refractivity contribution in [3.05, 3.63) is 40.2 Å². The van der Waals surface area contributed by atoms with E-state index in [2.05, 4.69) is 24.3 Å². The Morgan fingerprint density at radius 2 is 2.00 bits per heavy atom. The molecule has 2 N–H and O–H groups in total. The molecule has 0 spiro atoms. The van der Waals surface area contributed by atoms with E-state index in [4.69, 9.17) is 10.7 Å². The molecule has 1 fully saturated rings. The summed E-state index contributed by atoms with van der Waals surface area (Å²) in [6, 6.07) is 10.5. The van der Waals surface area contributed by atoms with Crippen LogP contribution in [0.5, 0.6) is 0 Å². The van der Waals surface area contributed by atoms with Crippen LogP contribution in [-0.4, -0.2) is 11.5 Å². The second-order valence-electron chi connectivity index (χ2n) is 4.93. The lowest BCUT2D eigenvalue weighted by Gasteiger charge is -2.00. The summed E-state index contributed by atoms with van der Waals surface area (Å²) in [6.07, 6.45) is 4.86. The average molecular weight is 258 g/mol. The molecule has 94 valence electrons. The van der Waals surface area contributed by atoms with Crippen LogP contribution in [0, 0.1) is 5.92 Å². The molecule has 1 aliphatic rings. The Morgan fingerprint density at radius 3 is 2.67 bits per heavy atom. The minimum absolute atomic E-state index is 0.699. The molecule has 1 aromatic carbocycles. The number of hydrogen-bond donors (Lipinski definition) is 1. The van der Waals surface area contributed by atoms with Gasteiger partial charge in [-0.05, 0) is 31.7 Å². The van der Waals surface area contributed by atoms with Crippen molar-refractivity contribution >= 4 is 11.3 Å². The fraction of sp³-hybridized carbons (Fsp3) is 0.400.